The van der Waals surface area contributed by atoms with E-state index >= 15 is 0 Å². The number of fused-ring (bicyclic) bond motifs is 1. The highest BCUT2D eigenvalue weighted by Crippen LogP contribution is 2.36. The van der Waals surface area contributed by atoms with Crippen LogP contribution in [0, 0.1) is 22.7 Å². The number of aryl methyl sites for hydroxylation is 1. The maximum absolute atomic E-state index is 8.79. The fourth-order valence-electron chi connectivity index (χ4n) is 2.45. The van der Waals surface area contributed by atoms with E-state index in [2.05, 4.69) is 12.1 Å². The lowest BCUT2D eigenvalue weighted by Crippen LogP contribution is -2.28. The van der Waals surface area contributed by atoms with Gasteiger partial charge in [-0.15, -0.1) is 0 Å². The van der Waals surface area contributed by atoms with E-state index in [0.717, 1.165) is 18.5 Å². The van der Waals surface area contributed by atoms with Crippen LogP contribution in [-0.4, -0.2) is 18.0 Å². The number of hydrogen-bond donors (Lipinski definition) is 1. The molecule has 0 radical (unpaired) electrons. The number of rotatable bonds is 3. The second-order valence-corrected chi connectivity index (χ2v) is 4.23. The van der Waals surface area contributed by atoms with E-state index in [1.165, 1.54) is 11.1 Å². The van der Waals surface area contributed by atoms with Crippen LogP contribution in [0.4, 0.5) is 5.69 Å². The Morgan fingerprint density at radius 2 is 2.00 bits per heavy atom. The summed E-state index contributed by atoms with van der Waals surface area (Å²) < 4.78 is 0. The summed E-state index contributed by atoms with van der Waals surface area (Å²) in [6, 6.07) is 10.3. The van der Waals surface area contributed by atoms with Crippen molar-refractivity contribution in [2.45, 2.75) is 18.9 Å². The zero-order valence-corrected chi connectivity index (χ0v) is 9.56. The SMILES string of the molecule is N#CCN(CC#N)C1CCc2cc(N)ccc21. The first-order chi connectivity index (χ1) is 8.26. The zero-order valence-electron chi connectivity index (χ0n) is 9.56. The third-order valence-electron chi connectivity index (χ3n) is 3.20. The molecule has 0 saturated carbocycles. The highest BCUT2D eigenvalue weighted by molar-refractivity contribution is 5.47. The molecule has 1 atom stereocenters. The molecule has 2 N–H and O–H groups in total. The maximum atomic E-state index is 8.79. The summed E-state index contributed by atoms with van der Waals surface area (Å²) in [6.07, 6.45) is 1.93. The molecule has 1 aromatic rings. The monoisotopic (exact) mass is 226 g/mol. The van der Waals surface area contributed by atoms with Gasteiger partial charge in [0.25, 0.3) is 0 Å². The largest absolute Gasteiger partial charge is 0.399 e. The summed E-state index contributed by atoms with van der Waals surface area (Å²) in [5.74, 6) is 0. The molecule has 0 amide bonds. The average molecular weight is 226 g/mol. The van der Waals surface area contributed by atoms with Crippen molar-refractivity contribution in [2.75, 3.05) is 18.8 Å². The van der Waals surface area contributed by atoms with Crippen LogP contribution in [-0.2, 0) is 6.42 Å². The molecule has 86 valence electrons. The van der Waals surface area contributed by atoms with Crippen LogP contribution in [0.5, 0.6) is 0 Å². The van der Waals surface area contributed by atoms with E-state index in [-0.39, 0.29) is 6.04 Å². The van der Waals surface area contributed by atoms with Crippen LogP contribution >= 0.6 is 0 Å². The van der Waals surface area contributed by atoms with Gasteiger partial charge in [0, 0.05) is 11.7 Å². The van der Waals surface area contributed by atoms with Crippen molar-refractivity contribution in [2.24, 2.45) is 0 Å². The summed E-state index contributed by atoms with van der Waals surface area (Å²) in [4.78, 5) is 1.92. The first-order valence-electron chi connectivity index (χ1n) is 5.62. The van der Waals surface area contributed by atoms with Gasteiger partial charge < -0.3 is 5.73 Å². The van der Waals surface area contributed by atoms with Crippen molar-refractivity contribution in [3.05, 3.63) is 29.3 Å². The predicted octanol–water partition coefficient (Wildman–Crippen LogP) is 1.61. The molecule has 1 aromatic carbocycles. The minimum atomic E-state index is 0.185. The summed E-state index contributed by atoms with van der Waals surface area (Å²) in [5.41, 5.74) is 8.98. The lowest BCUT2D eigenvalue weighted by atomic mass is 10.1. The number of benzene rings is 1. The Kier molecular flexibility index (Phi) is 3.27. The molecule has 0 spiro atoms. The molecule has 0 aliphatic heterocycles. The van der Waals surface area contributed by atoms with Crippen molar-refractivity contribution < 1.29 is 0 Å². The third kappa shape index (κ3) is 2.22. The number of nitriles is 2. The average Bonchev–Trinajstić information content (AvgIpc) is 2.71. The Morgan fingerprint density at radius 3 is 2.65 bits per heavy atom. The van der Waals surface area contributed by atoms with E-state index < -0.39 is 0 Å². The maximum Gasteiger partial charge on any atom is 0.0879 e. The summed E-state index contributed by atoms with van der Waals surface area (Å²) in [7, 11) is 0. The first-order valence-corrected chi connectivity index (χ1v) is 5.62. The van der Waals surface area contributed by atoms with Crippen LogP contribution in [0.25, 0.3) is 0 Å². The molecule has 2 rings (SSSR count). The summed E-state index contributed by atoms with van der Waals surface area (Å²) in [6.45, 7) is 0.587. The molecule has 4 nitrogen and oxygen atoms in total. The predicted molar refractivity (Wildman–Crippen MR) is 64.7 cm³/mol. The molecular weight excluding hydrogens is 212 g/mol. The zero-order chi connectivity index (χ0) is 12.3. The summed E-state index contributed by atoms with van der Waals surface area (Å²) in [5, 5.41) is 17.6. The van der Waals surface area contributed by atoms with Gasteiger partial charge in [0.05, 0.1) is 25.2 Å². The second-order valence-electron chi connectivity index (χ2n) is 4.23. The quantitative estimate of drug-likeness (QED) is 0.627. The van der Waals surface area contributed by atoms with Crippen LogP contribution < -0.4 is 5.73 Å². The van der Waals surface area contributed by atoms with Gasteiger partial charge in [0.15, 0.2) is 0 Å². The number of nitrogens with two attached hydrogens (primary N) is 1. The van der Waals surface area contributed by atoms with Crippen LogP contribution in [0.1, 0.15) is 23.6 Å². The Labute approximate surface area is 101 Å². The van der Waals surface area contributed by atoms with Crippen LogP contribution in [0.2, 0.25) is 0 Å². The molecule has 17 heavy (non-hydrogen) atoms. The van der Waals surface area contributed by atoms with Gasteiger partial charge in [-0.25, -0.2) is 0 Å². The lowest BCUT2D eigenvalue weighted by molar-refractivity contribution is 0.248. The number of anilines is 1. The van der Waals surface area contributed by atoms with E-state index in [4.69, 9.17) is 16.3 Å². The van der Waals surface area contributed by atoms with Gasteiger partial charge >= 0.3 is 0 Å². The summed E-state index contributed by atoms with van der Waals surface area (Å²) >= 11 is 0. The third-order valence-corrected chi connectivity index (χ3v) is 3.20. The Bertz CT molecular complexity index is 479. The molecule has 1 aliphatic rings. The van der Waals surface area contributed by atoms with E-state index in [9.17, 15) is 0 Å². The van der Waals surface area contributed by atoms with Gasteiger partial charge in [0.1, 0.15) is 0 Å². The number of nitrogen functional groups attached to an aromatic ring is 1. The molecule has 0 aromatic heterocycles. The van der Waals surface area contributed by atoms with E-state index in [1.807, 2.05) is 23.1 Å². The molecular formula is C13H14N4. The molecule has 4 heteroatoms. The Balaban J connectivity index is 2.26. The topological polar surface area (TPSA) is 76.8 Å². The number of nitrogens with zero attached hydrogens (tertiary/aromatic N) is 3. The normalized spacial score (nSPS) is 17.5. The van der Waals surface area contributed by atoms with Gasteiger partial charge in [-0.05, 0) is 36.1 Å². The van der Waals surface area contributed by atoms with Crippen LogP contribution in [0.15, 0.2) is 18.2 Å². The molecule has 0 saturated heterocycles. The van der Waals surface area contributed by atoms with E-state index in [0.29, 0.717) is 13.1 Å². The van der Waals surface area contributed by atoms with Gasteiger partial charge in [-0.2, -0.15) is 10.5 Å². The van der Waals surface area contributed by atoms with Crippen molar-refractivity contribution in [3.63, 3.8) is 0 Å². The van der Waals surface area contributed by atoms with Crippen molar-refractivity contribution >= 4 is 5.69 Å². The first kappa shape index (κ1) is 11.4. The highest BCUT2D eigenvalue weighted by Gasteiger charge is 2.27. The smallest absolute Gasteiger partial charge is 0.0879 e. The minimum Gasteiger partial charge on any atom is -0.399 e. The van der Waals surface area contributed by atoms with Gasteiger partial charge in [0.2, 0.25) is 0 Å². The van der Waals surface area contributed by atoms with Gasteiger partial charge in [-0.3, -0.25) is 4.90 Å². The van der Waals surface area contributed by atoms with E-state index in [1.54, 1.807) is 0 Å². The van der Waals surface area contributed by atoms with Crippen molar-refractivity contribution in [1.82, 2.24) is 4.90 Å². The Hall–Kier alpha value is -2.04. The Morgan fingerprint density at radius 1 is 1.29 bits per heavy atom. The standard InChI is InChI=1S/C13H14N4/c14-5-7-17(8-6-15)13-4-1-10-9-11(16)2-3-12(10)13/h2-3,9,13H,1,4,7-8,16H2. The fraction of sp³-hybridized carbons (Fsp3) is 0.385. The highest BCUT2D eigenvalue weighted by atomic mass is 15.2. The van der Waals surface area contributed by atoms with Crippen LogP contribution in [0.3, 0.4) is 0 Å². The van der Waals surface area contributed by atoms with Gasteiger partial charge in [-0.1, -0.05) is 6.07 Å². The van der Waals surface area contributed by atoms with Crippen molar-refractivity contribution in [1.29, 1.82) is 10.5 Å². The molecule has 1 aliphatic carbocycles. The molecule has 0 heterocycles. The second kappa shape index (κ2) is 4.86. The fourth-order valence-corrected chi connectivity index (χ4v) is 2.45. The lowest BCUT2D eigenvalue weighted by Gasteiger charge is -2.24. The molecule has 0 fully saturated rings. The van der Waals surface area contributed by atoms with Crippen molar-refractivity contribution in [3.8, 4) is 12.1 Å². The number of hydrogen-bond acceptors (Lipinski definition) is 4. The minimum absolute atomic E-state index is 0.185. The molecule has 0 bridgehead atoms. The molecule has 1 unspecified atom stereocenters.